The Morgan fingerprint density at radius 2 is 2.29 bits per heavy atom. The number of fused-ring (bicyclic) bond motifs is 1. The monoisotopic (exact) mass is 209 g/mol. The van der Waals surface area contributed by atoms with Gasteiger partial charge >= 0.3 is 0 Å². The van der Waals surface area contributed by atoms with Crippen LogP contribution in [0.2, 0.25) is 5.02 Å². The van der Waals surface area contributed by atoms with E-state index in [1.807, 2.05) is 6.92 Å². The Balaban J connectivity index is 2.94. The Bertz CT molecular complexity index is 518. The first-order chi connectivity index (χ1) is 6.65. The zero-order chi connectivity index (χ0) is 10.3. The number of aldehydes is 1. The lowest BCUT2D eigenvalue weighted by molar-refractivity contribution is 0.112. The molecular formula is C9H8ClN3O. The highest BCUT2D eigenvalue weighted by molar-refractivity contribution is 6.37. The summed E-state index contributed by atoms with van der Waals surface area (Å²) in [4.78, 5) is 14.8. The SMILES string of the molecule is Cc1nn(C)c2ncc(C=O)c(Cl)c12. The van der Waals surface area contributed by atoms with Crippen molar-refractivity contribution in [1.29, 1.82) is 0 Å². The number of aryl methyl sites for hydroxylation is 2. The van der Waals surface area contributed by atoms with E-state index < -0.39 is 0 Å². The average Bonchev–Trinajstić information content (AvgIpc) is 2.44. The second-order valence-electron chi connectivity index (χ2n) is 3.05. The number of pyridine rings is 1. The molecule has 2 aromatic rings. The molecule has 0 fully saturated rings. The van der Waals surface area contributed by atoms with E-state index in [2.05, 4.69) is 10.1 Å². The molecule has 0 radical (unpaired) electrons. The minimum atomic E-state index is 0.398. The maximum atomic E-state index is 10.6. The van der Waals surface area contributed by atoms with Gasteiger partial charge in [0.2, 0.25) is 0 Å². The van der Waals surface area contributed by atoms with Crippen LogP contribution >= 0.6 is 11.6 Å². The summed E-state index contributed by atoms with van der Waals surface area (Å²) in [6, 6.07) is 0. The lowest BCUT2D eigenvalue weighted by Gasteiger charge is -1.97. The summed E-state index contributed by atoms with van der Waals surface area (Å²) in [5, 5.41) is 5.36. The van der Waals surface area contributed by atoms with Crippen LogP contribution in [0.5, 0.6) is 0 Å². The minimum Gasteiger partial charge on any atom is -0.298 e. The summed E-state index contributed by atoms with van der Waals surface area (Å²) < 4.78 is 1.64. The highest BCUT2D eigenvalue weighted by atomic mass is 35.5. The van der Waals surface area contributed by atoms with Gasteiger partial charge in [0.25, 0.3) is 0 Å². The normalized spacial score (nSPS) is 10.8. The molecular weight excluding hydrogens is 202 g/mol. The molecule has 2 heterocycles. The summed E-state index contributed by atoms with van der Waals surface area (Å²) in [6.45, 7) is 1.84. The largest absolute Gasteiger partial charge is 0.298 e. The number of nitrogens with zero attached hydrogens (tertiary/aromatic N) is 3. The molecule has 72 valence electrons. The van der Waals surface area contributed by atoms with Crippen molar-refractivity contribution in [1.82, 2.24) is 14.8 Å². The number of aromatic nitrogens is 3. The molecule has 0 aliphatic carbocycles. The molecule has 0 aromatic carbocycles. The number of carbonyl (C=O) groups is 1. The van der Waals surface area contributed by atoms with Crippen molar-refractivity contribution in [3.8, 4) is 0 Å². The van der Waals surface area contributed by atoms with E-state index in [4.69, 9.17) is 11.6 Å². The minimum absolute atomic E-state index is 0.398. The number of rotatable bonds is 1. The lowest BCUT2D eigenvalue weighted by Crippen LogP contribution is -1.93. The van der Waals surface area contributed by atoms with Gasteiger partial charge in [-0.05, 0) is 6.92 Å². The maximum absolute atomic E-state index is 10.6. The summed E-state index contributed by atoms with van der Waals surface area (Å²) >= 11 is 6.04. The summed E-state index contributed by atoms with van der Waals surface area (Å²) in [5.74, 6) is 0. The van der Waals surface area contributed by atoms with Gasteiger partial charge in [-0.25, -0.2) is 4.98 Å². The van der Waals surface area contributed by atoms with Gasteiger partial charge in [-0.2, -0.15) is 5.10 Å². The molecule has 14 heavy (non-hydrogen) atoms. The van der Waals surface area contributed by atoms with Crippen molar-refractivity contribution >= 4 is 28.9 Å². The second-order valence-corrected chi connectivity index (χ2v) is 3.43. The molecule has 0 N–H and O–H groups in total. The van der Waals surface area contributed by atoms with Crippen LogP contribution in [0.15, 0.2) is 6.20 Å². The van der Waals surface area contributed by atoms with Gasteiger partial charge in [-0.1, -0.05) is 11.6 Å². The lowest BCUT2D eigenvalue weighted by atomic mass is 10.2. The first-order valence-corrected chi connectivity index (χ1v) is 4.46. The molecule has 0 saturated carbocycles. The zero-order valence-electron chi connectivity index (χ0n) is 7.78. The van der Waals surface area contributed by atoms with E-state index in [-0.39, 0.29) is 0 Å². The smallest absolute Gasteiger partial charge is 0.159 e. The van der Waals surface area contributed by atoms with Gasteiger partial charge in [-0.3, -0.25) is 9.48 Å². The Hall–Kier alpha value is -1.42. The zero-order valence-corrected chi connectivity index (χ0v) is 8.54. The quantitative estimate of drug-likeness (QED) is 0.673. The third kappa shape index (κ3) is 1.11. The highest BCUT2D eigenvalue weighted by Crippen LogP contribution is 2.26. The van der Waals surface area contributed by atoms with Gasteiger partial charge < -0.3 is 0 Å². The van der Waals surface area contributed by atoms with Crippen LogP contribution in [0.4, 0.5) is 0 Å². The molecule has 0 aliphatic heterocycles. The average molecular weight is 210 g/mol. The van der Waals surface area contributed by atoms with Crippen LogP contribution in [0.3, 0.4) is 0 Å². The fourth-order valence-electron chi connectivity index (χ4n) is 1.46. The molecule has 0 aliphatic rings. The third-order valence-electron chi connectivity index (χ3n) is 2.12. The second kappa shape index (κ2) is 3.06. The van der Waals surface area contributed by atoms with Crippen molar-refractivity contribution in [2.24, 2.45) is 7.05 Å². The molecule has 0 atom stereocenters. The Morgan fingerprint density at radius 3 is 2.93 bits per heavy atom. The Kier molecular flexibility index (Phi) is 2.00. The van der Waals surface area contributed by atoms with E-state index in [9.17, 15) is 4.79 Å². The van der Waals surface area contributed by atoms with Crippen LogP contribution < -0.4 is 0 Å². The first-order valence-electron chi connectivity index (χ1n) is 4.08. The molecule has 0 unspecified atom stereocenters. The topological polar surface area (TPSA) is 47.8 Å². The predicted octanol–water partition coefficient (Wildman–Crippen LogP) is 1.74. The standard InChI is InChI=1S/C9H8ClN3O/c1-5-7-8(10)6(4-14)3-11-9(7)13(2)12-5/h3-4H,1-2H3. The highest BCUT2D eigenvalue weighted by Gasteiger charge is 2.12. The van der Waals surface area contributed by atoms with Crippen molar-refractivity contribution in [3.63, 3.8) is 0 Å². The van der Waals surface area contributed by atoms with Gasteiger partial charge in [-0.15, -0.1) is 0 Å². The molecule has 0 bridgehead atoms. The van der Waals surface area contributed by atoms with Gasteiger partial charge in [0.05, 0.1) is 21.7 Å². The van der Waals surface area contributed by atoms with Gasteiger partial charge in [0, 0.05) is 13.2 Å². The van der Waals surface area contributed by atoms with Crippen LogP contribution in [-0.4, -0.2) is 21.1 Å². The van der Waals surface area contributed by atoms with Crippen LogP contribution in [0.25, 0.3) is 11.0 Å². The third-order valence-corrected chi connectivity index (χ3v) is 2.52. The number of halogens is 1. The Morgan fingerprint density at radius 1 is 1.57 bits per heavy atom. The number of hydrogen-bond acceptors (Lipinski definition) is 3. The van der Waals surface area contributed by atoms with Gasteiger partial charge in [0.1, 0.15) is 0 Å². The molecule has 5 heteroatoms. The van der Waals surface area contributed by atoms with E-state index in [0.29, 0.717) is 22.5 Å². The van der Waals surface area contributed by atoms with E-state index in [1.54, 1.807) is 11.7 Å². The summed E-state index contributed by atoms with van der Waals surface area (Å²) in [5.41, 5.74) is 1.87. The molecule has 0 saturated heterocycles. The maximum Gasteiger partial charge on any atom is 0.159 e. The molecule has 2 rings (SSSR count). The van der Waals surface area contributed by atoms with Crippen LogP contribution in [0, 0.1) is 6.92 Å². The fraction of sp³-hybridized carbons (Fsp3) is 0.222. The van der Waals surface area contributed by atoms with Crippen LogP contribution in [-0.2, 0) is 7.05 Å². The molecule has 2 aromatic heterocycles. The number of carbonyl (C=O) groups excluding carboxylic acids is 1. The van der Waals surface area contributed by atoms with E-state index in [0.717, 1.165) is 11.1 Å². The van der Waals surface area contributed by atoms with Crippen molar-refractivity contribution in [2.45, 2.75) is 6.92 Å². The van der Waals surface area contributed by atoms with E-state index in [1.165, 1.54) is 6.20 Å². The summed E-state index contributed by atoms with van der Waals surface area (Å²) in [7, 11) is 1.79. The van der Waals surface area contributed by atoms with Crippen LogP contribution in [0.1, 0.15) is 16.1 Å². The van der Waals surface area contributed by atoms with Gasteiger partial charge in [0.15, 0.2) is 11.9 Å². The van der Waals surface area contributed by atoms with Crippen molar-refractivity contribution in [3.05, 3.63) is 22.5 Å². The van der Waals surface area contributed by atoms with Crippen molar-refractivity contribution < 1.29 is 4.79 Å². The molecule has 0 amide bonds. The fourth-order valence-corrected chi connectivity index (χ4v) is 1.78. The molecule has 0 spiro atoms. The summed E-state index contributed by atoms with van der Waals surface area (Å²) in [6.07, 6.45) is 2.15. The predicted molar refractivity (Wildman–Crippen MR) is 53.6 cm³/mol. The number of hydrogen-bond donors (Lipinski definition) is 0. The first kappa shape index (κ1) is 9.15. The van der Waals surface area contributed by atoms with Crippen molar-refractivity contribution in [2.75, 3.05) is 0 Å². The molecule has 4 nitrogen and oxygen atoms in total. The Labute approximate surface area is 85.5 Å². The van der Waals surface area contributed by atoms with E-state index >= 15 is 0 Å².